The molecule has 1 atom stereocenters. The van der Waals surface area contributed by atoms with Gasteiger partial charge in [0, 0.05) is 0 Å². The number of rotatable bonds is 8. The van der Waals surface area contributed by atoms with Crippen LogP contribution in [0.2, 0.25) is 4.71 Å². The van der Waals surface area contributed by atoms with E-state index in [9.17, 15) is 14.0 Å². The zero-order valence-electron chi connectivity index (χ0n) is 20.4. The van der Waals surface area contributed by atoms with Gasteiger partial charge >= 0.3 is 215 Å². The van der Waals surface area contributed by atoms with Crippen LogP contribution in [-0.2, 0) is 0 Å². The Kier molecular flexibility index (Phi) is 7.02. The molecule has 1 amide bonds. The summed E-state index contributed by atoms with van der Waals surface area (Å²) in [6.07, 6.45) is 5.96. The molecule has 36 heavy (non-hydrogen) atoms. The number of ether oxygens (including phenoxy) is 1. The zero-order valence-corrected chi connectivity index (χ0v) is 22.5. The quantitative estimate of drug-likeness (QED) is 0.345. The number of aromatic amines is 1. The van der Waals surface area contributed by atoms with Gasteiger partial charge in [-0.3, -0.25) is 0 Å². The molecule has 0 bridgehead atoms. The molecule has 2 fully saturated rings. The van der Waals surface area contributed by atoms with Crippen LogP contribution in [0.5, 0.6) is 5.75 Å². The second kappa shape index (κ2) is 10.2. The van der Waals surface area contributed by atoms with Crippen molar-refractivity contribution in [2.45, 2.75) is 63.1 Å². The summed E-state index contributed by atoms with van der Waals surface area (Å²) in [7, 11) is 0. The summed E-state index contributed by atoms with van der Waals surface area (Å²) < 4.78 is 20.9. The monoisotopic (exact) mass is 556 g/mol. The van der Waals surface area contributed by atoms with Gasteiger partial charge in [0.25, 0.3) is 0 Å². The van der Waals surface area contributed by atoms with Crippen LogP contribution in [0.4, 0.5) is 9.18 Å². The third-order valence-corrected chi connectivity index (χ3v) is 10.2. The van der Waals surface area contributed by atoms with Crippen molar-refractivity contribution in [3.8, 4) is 17.0 Å². The number of fused-ring (bicyclic) bond motifs is 1. The molecule has 2 aliphatic carbocycles. The molecule has 0 spiro atoms. The number of amides is 1. The van der Waals surface area contributed by atoms with Gasteiger partial charge in [0.2, 0.25) is 0 Å². The summed E-state index contributed by atoms with van der Waals surface area (Å²) in [5.41, 5.74) is 4.37. The average molecular weight is 556 g/mol. The number of hydrogen-bond acceptors (Lipinski definition) is 5. The number of aryl methyl sites for hydroxylation is 2. The van der Waals surface area contributed by atoms with E-state index in [1.165, 1.54) is 12.4 Å². The molecule has 2 aliphatic rings. The number of halogens is 1. The van der Waals surface area contributed by atoms with Crippen LogP contribution in [-0.4, -0.2) is 59.1 Å². The molecule has 8 nitrogen and oxygen atoms in total. The molecule has 2 heterocycles. The first-order valence-electron chi connectivity index (χ1n) is 12.4. The Morgan fingerprint density at radius 1 is 1.17 bits per heavy atom. The maximum atomic E-state index is 14.4. The van der Waals surface area contributed by atoms with E-state index in [4.69, 9.17) is 9.84 Å². The molecule has 190 valence electrons. The van der Waals surface area contributed by atoms with E-state index < -0.39 is 21.8 Å². The van der Waals surface area contributed by atoms with Gasteiger partial charge in [0.15, 0.2) is 0 Å². The molecule has 5 rings (SSSR count). The second-order valence-corrected chi connectivity index (χ2v) is 13.2. The van der Waals surface area contributed by atoms with E-state index in [0.717, 1.165) is 44.2 Å². The van der Waals surface area contributed by atoms with Gasteiger partial charge in [-0.2, -0.15) is 0 Å². The molecular weight excluding hydrogens is 526 g/mol. The van der Waals surface area contributed by atoms with Gasteiger partial charge in [0.1, 0.15) is 0 Å². The number of hydrogen-bond donors (Lipinski definition) is 3. The summed E-state index contributed by atoms with van der Waals surface area (Å²) in [4.78, 5) is 36.7. The molecule has 3 aromatic rings. The Morgan fingerprint density at radius 3 is 2.61 bits per heavy atom. The SMILES string of the molecule is Cc1cc(-c2ncnc3c(C(=O)[AsH][C@H]4CC[C@@H](NC(=O)O)CC4)c(C)[nH]c23)c(OCC2CC2)cc1F. The molecule has 1 unspecified atom stereocenters. The summed E-state index contributed by atoms with van der Waals surface area (Å²) in [5, 5.41) is 11.5. The van der Waals surface area contributed by atoms with Crippen LogP contribution in [0.1, 0.15) is 60.1 Å². The third-order valence-electron chi connectivity index (χ3n) is 7.08. The van der Waals surface area contributed by atoms with Gasteiger partial charge in [-0.1, -0.05) is 0 Å². The Labute approximate surface area is 215 Å². The minimum atomic E-state index is -0.993. The van der Waals surface area contributed by atoms with E-state index in [2.05, 4.69) is 20.3 Å². The molecule has 0 radical (unpaired) electrons. The molecular formula is C26H30AsFN4O4. The first-order valence-corrected chi connectivity index (χ1v) is 14.6. The minimum absolute atomic E-state index is 0.0268. The first kappa shape index (κ1) is 24.7. The Bertz CT molecular complexity index is 1320. The molecule has 3 N–H and O–H groups in total. The normalized spacial score (nSPS) is 20.2. The number of benzene rings is 1. The zero-order chi connectivity index (χ0) is 25.4. The topological polar surface area (TPSA) is 117 Å². The van der Waals surface area contributed by atoms with Crippen LogP contribution in [0.25, 0.3) is 22.3 Å². The predicted octanol–water partition coefficient (Wildman–Crippen LogP) is 4.75. The van der Waals surface area contributed by atoms with E-state index in [-0.39, 0.29) is 16.4 Å². The number of carboxylic acid groups (broad SMARTS) is 1. The first-order chi connectivity index (χ1) is 17.3. The molecule has 0 saturated heterocycles. The fraction of sp³-hybridized carbons (Fsp3) is 0.462. The number of nitrogens with zero attached hydrogens (tertiary/aromatic N) is 2. The van der Waals surface area contributed by atoms with Crippen molar-refractivity contribution < 1.29 is 23.8 Å². The molecule has 2 aromatic heterocycles. The van der Waals surface area contributed by atoms with Crippen molar-refractivity contribution in [3.05, 3.63) is 41.1 Å². The van der Waals surface area contributed by atoms with Crippen molar-refractivity contribution in [2.75, 3.05) is 6.61 Å². The van der Waals surface area contributed by atoms with E-state index in [1.807, 2.05) is 6.92 Å². The van der Waals surface area contributed by atoms with Crippen LogP contribution < -0.4 is 10.1 Å². The Hall–Kier alpha value is -2.93. The molecule has 1 aromatic carbocycles. The number of carbonyl (C=O) groups excluding carboxylic acids is 1. The van der Waals surface area contributed by atoms with Gasteiger partial charge in [0.05, 0.1) is 0 Å². The van der Waals surface area contributed by atoms with Crippen molar-refractivity contribution >= 4 is 37.4 Å². The molecule has 2 saturated carbocycles. The summed E-state index contributed by atoms with van der Waals surface area (Å²) >= 11 is -0.962. The fourth-order valence-corrected chi connectivity index (χ4v) is 7.90. The predicted molar refractivity (Wildman–Crippen MR) is 136 cm³/mol. The standard InChI is InChI=1S/C26H30AsFN4O4/c1-13-9-18(20(10-19(13)28)36-11-15-3-4-15)22-24-23(30-12-29-22)21(14(2)31-24)25(33)27-16-5-7-17(8-6-16)32-26(34)35/h9-10,12,15-17,27,31-32H,3-8,11H2,1-2H3,(H,34,35)/t16-,17+. The van der Waals surface area contributed by atoms with Crippen LogP contribution >= 0.6 is 0 Å². The van der Waals surface area contributed by atoms with E-state index in [1.54, 1.807) is 13.0 Å². The van der Waals surface area contributed by atoms with Crippen molar-refractivity contribution in [3.63, 3.8) is 0 Å². The summed E-state index contributed by atoms with van der Waals surface area (Å²) in [6.45, 7) is 4.13. The van der Waals surface area contributed by atoms with E-state index in [0.29, 0.717) is 56.4 Å². The number of carbonyl (C=O) groups is 2. The third kappa shape index (κ3) is 5.26. The van der Waals surface area contributed by atoms with Crippen molar-refractivity contribution in [1.82, 2.24) is 20.3 Å². The van der Waals surface area contributed by atoms with Crippen LogP contribution in [0.15, 0.2) is 18.5 Å². The maximum absolute atomic E-state index is 14.4. The Morgan fingerprint density at radius 2 is 1.92 bits per heavy atom. The summed E-state index contributed by atoms with van der Waals surface area (Å²) in [5.74, 6) is 0.640. The number of aromatic nitrogens is 3. The van der Waals surface area contributed by atoms with Crippen molar-refractivity contribution in [1.29, 1.82) is 0 Å². The summed E-state index contributed by atoms with van der Waals surface area (Å²) in [6, 6.07) is 3.14. The second-order valence-electron chi connectivity index (χ2n) is 9.89. The molecule has 0 aliphatic heterocycles. The van der Waals surface area contributed by atoms with Crippen LogP contribution in [0, 0.1) is 25.6 Å². The van der Waals surface area contributed by atoms with Gasteiger partial charge in [-0.05, 0) is 0 Å². The van der Waals surface area contributed by atoms with Gasteiger partial charge < -0.3 is 0 Å². The average Bonchev–Trinajstić information content (AvgIpc) is 3.60. The fourth-order valence-electron chi connectivity index (χ4n) is 4.88. The Balaban J connectivity index is 1.42. The van der Waals surface area contributed by atoms with Gasteiger partial charge in [-0.15, -0.1) is 0 Å². The number of nitrogens with one attached hydrogen (secondary N) is 2. The van der Waals surface area contributed by atoms with Gasteiger partial charge in [-0.25, -0.2) is 0 Å². The molecule has 10 heteroatoms. The van der Waals surface area contributed by atoms with E-state index >= 15 is 0 Å². The van der Waals surface area contributed by atoms with Crippen molar-refractivity contribution in [2.24, 2.45) is 5.92 Å². The number of H-pyrrole nitrogens is 1. The van der Waals surface area contributed by atoms with Crippen LogP contribution in [0.3, 0.4) is 0 Å².